The van der Waals surface area contributed by atoms with Crippen molar-refractivity contribution in [1.82, 2.24) is 15.1 Å². The van der Waals surface area contributed by atoms with E-state index in [0.717, 1.165) is 22.4 Å². The topological polar surface area (TPSA) is 76.0 Å². The van der Waals surface area contributed by atoms with Gasteiger partial charge in [-0.3, -0.25) is 14.3 Å². The van der Waals surface area contributed by atoms with Crippen molar-refractivity contribution in [2.45, 2.75) is 20.4 Å². The number of halogens is 1. The Morgan fingerprint density at radius 3 is 2.50 bits per heavy atom. The number of carbonyl (C=O) groups excluding carboxylic acids is 2. The van der Waals surface area contributed by atoms with Gasteiger partial charge in [0.05, 0.1) is 24.8 Å². The van der Waals surface area contributed by atoms with Gasteiger partial charge in [0, 0.05) is 16.9 Å². The molecule has 2 N–H and O–H groups in total. The zero-order valence-electron chi connectivity index (χ0n) is 15.7. The van der Waals surface area contributed by atoms with E-state index in [1.54, 1.807) is 10.9 Å². The highest BCUT2D eigenvalue weighted by Crippen LogP contribution is 2.19. The minimum Gasteiger partial charge on any atom is -0.343 e. The van der Waals surface area contributed by atoms with E-state index in [1.165, 1.54) is 6.20 Å². The highest BCUT2D eigenvalue weighted by Gasteiger charge is 2.12. The molecule has 2 aromatic carbocycles. The van der Waals surface area contributed by atoms with Crippen LogP contribution < -0.4 is 10.6 Å². The molecule has 0 atom stereocenters. The Balaban J connectivity index is 1.56. The first kappa shape index (κ1) is 19.6. The van der Waals surface area contributed by atoms with Crippen LogP contribution in [0.5, 0.6) is 0 Å². The quantitative estimate of drug-likeness (QED) is 0.668. The van der Waals surface area contributed by atoms with Crippen LogP contribution in [-0.4, -0.2) is 28.1 Å². The van der Waals surface area contributed by atoms with Crippen LogP contribution in [0.1, 0.15) is 27.0 Å². The summed E-state index contributed by atoms with van der Waals surface area (Å²) in [5.74, 6) is -0.642. The SMILES string of the molecule is Cc1cccc(C)c1NC(=O)CNC(=O)c1cnn(Cc2ccccc2Cl)c1. The summed E-state index contributed by atoms with van der Waals surface area (Å²) in [4.78, 5) is 24.5. The van der Waals surface area contributed by atoms with E-state index in [9.17, 15) is 9.59 Å². The summed E-state index contributed by atoms with van der Waals surface area (Å²) in [6.07, 6.45) is 3.09. The second-order valence-corrected chi connectivity index (χ2v) is 6.92. The molecule has 6 nitrogen and oxygen atoms in total. The maximum Gasteiger partial charge on any atom is 0.254 e. The zero-order valence-corrected chi connectivity index (χ0v) is 16.5. The molecular weight excluding hydrogens is 376 g/mol. The molecule has 3 aromatic rings. The summed E-state index contributed by atoms with van der Waals surface area (Å²) >= 11 is 6.15. The number of benzene rings is 2. The molecule has 0 spiro atoms. The number of nitrogens with one attached hydrogen (secondary N) is 2. The fourth-order valence-electron chi connectivity index (χ4n) is 2.83. The largest absolute Gasteiger partial charge is 0.343 e. The van der Waals surface area contributed by atoms with Gasteiger partial charge >= 0.3 is 0 Å². The van der Waals surface area contributed by atoms with Crippen LogP contribution in [0.2, 0.25) is 5.02 Å². The van der Waals surface area contributed by atoms with Crippen molar-refractivity contribution in [3.05, 3.63) is 82.1 Å². The Kier molecular flexibility index (Phi) is 6.11. The molecule has 7 heteroatoms. The number of aryl methyl sites for hydroxylation is 2. The maximum absolute atomic E-state index is 12.3. The van der Waals surface area contributed by atoms with Crippen LogP contribution in [0.4, 0.5) is 5.69 Å². The lowest BCUT2D eigenvalue weighted by atomic mass is 10.1. The maximum atomic E-state index is 12.3. The Hall–Kier alpha value is -3.12. The second kappa shape index (κ2) is 8.71. The van der Waals surface area contributed by atoms with Crippen molar-refractivity contribution in [2.75, 3.05) is 11.9 Å². The van der Waals surface area contributed by atoms with E-state index < -0.39 is 0 Å². The molecule has 0 aliphatic heterocycles. The van der Waals surface area contributed by atoms with Gasteiger partial charge in [-0.15, -0.1) is 0 Å². The van der Waals surface area contributed by atoms with E-state index in [0.29, 0.717) is 17.1 Å². The third-order valence-electron chi connectivity index (χ3n) is 4.34. The average molecular weight is 397 g/mol. The minimum absolute atomic E-state index is 0.123. The fraction of sp³-hybridized carbons (Fsp3) is 0.190. The normalized spacial score (nSPS) is 10.5. The van der Waals surface area contributed by atoms with Gasteiger partial charge in [-0.1, -0.05) is 48.0 Å². The van der Waals surface area contributed by atoms with Crippen LogP contribution in [0, 0.1) is 13.8 Å². The number of rotatable bonds is 6. The smallest absolute Gasteiger partial charge is 0.254 e. The molecule has 3 rings (SSSR count). The molecule has 0 aliphatic carbocycles. The number of nitrogens with zero attached hydrogens (tertiary/aromatic N) is 2. The summed E-state index contributed by atoms with van der Waals surface area (Å²) in [5.41, 5.74) is 4.01. The van der Waals surface area contributed by atoms with E-state index >= 15 is 0 Å². The highest BCUT2D eigenvalue weighted by molar-refractivity contribution is 6.31. The predicted molar refractivity (Wildman–Crippen MR) is 110 cm³/mol. The lowest BCUT2D eigenvalue weighted by Crippen LogP contribution is -2.33. The van der Waals surface area contributed by atoms with Crippen molar-refractivity contribution in [1.29, 1.82) is 0 Å². The second-order valence-electron chi connectivity index (χ2n) is 6.52. The number of para-hydroxylation sites is 1. The van der Waals surface area contributed by atoms with Crippen molar-refractivity contribution in [3.8, 4) is 0 Å². The van der Waals surface area contributed by atoms with Crippen LogP contribution in [0.15, 0.2) is 54.9 Å². The number of hydrogen-bond acceptors (Lipinski definition) is 3. The molecule has 1 aromatic heterocycles. The fourth-order valence-corrected chi connectivity index (χ4v) is 3.02. The van der Waals surface area contributed by atoms with E-state index in [4.69, 9.17) is 11.6 Å². The van der Waals surface area contributed by atoms with Gasteiger partial charge in [-0.2, -0.15) is 5.10 Å². The van der Waals surface area contributed by atoms with Gasteiger partial charge in [-0.25, -0.2) is 0 Å². The van der Waals surface area contributed by atoms with Crippen molar-refractivity contribution in [2.24, 2.45) is 0 Å². The standard InChI is InChI=1S/C21H21ClN4O2/c1-14-6-5-7-15(2)20(14)25-19(27)11-23-21(28)17-10-24-26(13-17)12-16-8-3-4-9-18(16)22/h3-10,13H,11-12H2,1-2H3,(H,23,28)(H,25,27). The van der Waals surface area contributed by atoms with E-state index in [-0.39, 0.29) is 18.4 Å². The summed E-state index contributed by atoms with van der Waals surface area (Å²) in [5, 5.41) is 10.3. The van der Waals surface area contributed by atoms with Gasteiger partial charge in [0.1, 0.15) is 0 Å². The first-order valence-electron chi connectivity index (χ1n) is 8.84. The van der Waals surface area contributed by atoms with Gasteiger partial charge in [0.15, 0.2) is 0 Å². The third kappa shape index (κ3) is 4.78. The molecule has 0 bridgehead atoms. The Bertz CT molecular complexity index is 993. The highest BCUT2D eigenvalue weighted by atomic mass is 35.5. The summed E-state index contributed by atoms with van der Waals surface area (Å²) in [6.45, 7) is 4.19. The lowest BCUT2D eigenvalue weighted by Gasteiger charge is -2.11. The number of aromatic nitrogens is 2. The zero-order chi connectivity index (χ0) is 20.1. The van der Waals surface area contributed by atoms with Gasteiger partial charge in [-0.05, 0) is 36.6 Å². The molecule has 0 radical (unpaired) electrons. The summed E-state index contributed by atoms with van der Waals surface area (Å²) in [7, 11) is 0. The van der Waals surface area contributed by atoms with Crippen molar-refractivity contribution in [3.63, 3.8) is 0 Å². The molecule has 0 saturated carbocycles. The molecule has 0 fully saturated rings. The Morgan fingerprint density at radius 1 is 1.07 bits per heavy atom. The summed E-state index contributed by atoms with van der Waals surface area (Å²) in [6, 6.07) is 13.3. The van der Waals surface area contributed by atoms with Crippen LogP contribution in [0.3, 0.4) is 0 Å². The molecule has 1 heterocycles. The monoisotopic (exact) mass is 396 g/mol. The number of anilines is 1. The third-order valence-corrected chi connectivity index (χ3v) is 4.71. The average Bonchev–Trinajstić information content (AvgIpc) is 3.13. The lowest BCUT2D eigenvalue weighted by molar-refractivity contribution is -0.115. The molecule has 144 valence electrons. The summed E-state index contributed by atoms with van der Waals surface area (Å²) < 4.78 is 1.63. The van der Waals surface area contributed by atoms with E-state index in [2.05, 4.69) is 15.7 Å². The van der Waals surface area contributed by atoms with Gasteiger partial charge < -0.3 is 10.6 Å². The van der Waals surface area contributed by atoms with Gasteiger partial charge in [0.25, 0.3) is 5.91 Å². The van der Waals surface area contributed by atoms with Crippen molar-refractivity contribution < 1.29 is 9.59 Å². The van der Waals surface area contributed by atoms with E-state index in [1.807, 2.05) is 56.3 Å². The minimum atomic E-state index is -0.359. The molecule has 0 saturated heterocycles. The first-order valence-corrected chi connectivity index (χ1v) is 9.22. The predicted octanol–water partition coefficient (Wildman–Crippen LogP) is 3.57. The molecule has 0 aliphatic rings. The first-order chi connectivity index (χ1) is 13.4. The Labute approximate surface area is 168 Å². The van der Waals surface area contributed by atoms with Crippen LogP contribution in [0.25, 0.3) is 0 Å². The molecule has 28 heavy (non-hydrogen) atoms. The molecule has 0 unspecified atom stereocenters. The number of amides is 2. The Morgan fingerprint density at radius 2 is 1.79 bits per heavy atom. The van der Waals surface area contributed by atoms with Crippen LogP contribution >= 0.6 is 11.6 Å². The molecule has 2 amide bonds. The molecular formula is C21H21ClN4O2. The number of carbonyl (C=O) groups is 2. The van der Waals surface area contributed by atoms with Gasteiger partial charge in [0.2, 0.25) is 5.91 Å². The number of hydrogen-bond donors (Lipinski definition) is 2. The van der Waals surface area contributed by atoms with Crippen LogP contribution in [-0.2, 0) is 11.3 Å². The van der Waals surface area contributed by atoms with Crippen molar-refractivity contribution >= 4 is 29.1 Å².